The van der Waals surface area contributed by atoms with E-state index in [-0.39, 0.29) is 45.5 Å². The third-order valence-electron chi connectivity index (χ3n) is 3.72. The second-order valence-electron chi connectivity index (χ2n) is 5.16. The fraction of sp³-hybridized carbons (Fsp3) is 0.588. The van der Waals surface area contributed by atoms with Crippen LogP contribution in [0.1, 0.15) is 48.0 Å². The van der Waals surface area contributed by atoms with Gasteiger partial charge in [-0.15, -0.1) is 0 Å². The van der Waals surface area contributed by atoms with Crippen LogP contribution in [0, 0.1) is 66.6 Å². The van der Waals surface area contributed by atoms with Gasteiger partial charge in [-0.3, -0.25) is 4.70 Å². The average molecular weight is 522 g/mol. The Morgan fingerprint density at radius 1 is 0.821 bits per heavy atom. The molecule has 0 aliphatic heterocycles. The van der Waals surface area contributed by atoms with Crippen molar-refractivity contribution >= 4 is 8.16 Å². The molecule has 1 aliphatic rings. The molecule has 3 nitrogen and oxygen atoms in total. The van der Waals surface area contributed by atoms with Gasteiger partial charge in [0.2, 0.25) is 0 Å². The number of nitriles is 3. The molecular weight excluding hydrogens is 492 g/mol. The van der Waals surface area contributed by atoms with Gasteiger partial charge < -0.3 is 14.9 Å². The first kappa shape index (κ1) is 45.5. The van der Waals surface area contributed by atoms with Crippen molar-refractivity contribution < 1.29 is 45.2 Å². The summed E-state index contributed by atoms with van der Waals surface area (Å²) in [5.74, 6) is 2.49. The molecule has 0 saturated carbocycles. The largest absolute Gasteiger partial charge is 2.00 e. The van der Waals surface area contributed by atoms with Crippen LogP contribution in [0.3, 0.4) is 0 Å². The van der Waals surface area contributed by atoms with Gasteiger partial charge in [0.15, 0.2) is 0 Å². The van der Waals surface area contributed by atoms with E-state index in [1.54, 1.807) is 29.4 Å². The van der Waals surface area contributed by atoms with Crippen LogP contribution >= 0.6 is 8.16 Å². The Balaban J connectivity index is -0.0000000435. The molecule has 0 aromatic carbocycles. The summed E-state index contributed by atoms with van der Waals surface area (Å²) in [6.45, 7) is 13.0. The molecule has 0 radical (unpaired) electrons. The van der Waals surface area contributed by atoms with Crippen molar-refractivity contribution in [2.45, 2.75) is 48.0 Å². The van der Waals surface area contributed by atoms with Gasteiger partial charge in [0.25, 0.3) is 0 Å². The summed E-state index contributed by atoms with van der Waals surface area (Å²) < 4.78 is 49.2. The molecule has 0 aromatic heterocycles. The van der Waals surface area contributed by atoms with Gasteiger partial charge in [0, 0.05) is 6.92 Å². The van der Waals surface area contributed by atoms with Crippen molar-refractivity contribution in [3.8, 4) is 18.2 Å². The minimum absolute atomic E-state index is 0. The minimum Gasteiger partial charge on any atom is -0.358 e. The fourth-order valence-corrected chi connectivity index (χ4v) is 1.98. The summed E-state index contributed by atoms with van der Waals surface area (Å²) in [6, 6.07) is 5.06. The molecule has 0 amide bonds. The Morgan fingerprint density at radius 3 is 1.04 bits per heavy atom. The van der Waals surface area contributed by atoms with Crippen LogP contribution in [0.25, 0.3) is 0 Å². The Hall–Kier alpha value is -1.16. The normalized spacial score (nSPS) is 19.9. The summed E-state index contributed by atoms with van der Waals surface area (Å²) >= 11 is 0. The van der Waals surface area contributed by atoms with Crippen LogP contribution < -0.4 is 0 Å². The van der Waals surface area contributed by atoms with Gasteiger partial charge in [-0.25, -0.2) is 0 Å². The summed E-state index contributed by atoms with van der Waals surface area (Å²) in [4.78, 5) is 0. The van der Waals surface area contributed by atoms with Gasteiger partial charge in [0.05, 0.1) is 18.2 Å². The first-order valence-corrected chi connectivity index (χ1v) is 8.64. The Bertz CT molecular complexity index is 495. The Kier molecular flexibility index (Phi) is 33.5. The predicted octanol–water partition coefficient (Wildman–Crippen LogP) is 8.21. The van der Waals surface area contributed by atoms with E-state index in [4.69, 9.17) is 15.8 Å². The molecule has 2 unspecified atom stereocenters. The van der Waals surface area contributed by atoms with E-state index in [1.807, 2.05) is 0 Å². The molecule has 0 fully saturated rings. The van der Waals surface area contributed by atoms with E-state index in [9.17, 15) is 21.0 Å². The zero-order chi connectivity index (χ0) is 20.2. The molecule has 0 aromatic rings. The zero-order valence-corrected chi connectivity index (χ0v) is 20.0. The monoisotopic (exact) mass is 523 g/mol. The summed E-state index contributed by atoms with van der Waals surface area (Å²) in [7, 11) is -8.55. The first-order valence-electron chi connectivity index (χ1n) is 6.95. The standard InChI is InChI=1S/C10H18.C3H2N2.C2H3N.2CH3.F5P.FH.Ru/c1-6-7(2)9(4)10(5)8(6)3;4-2-1-3-5;1-2-3;;;1-6(2,3,4)5;;/h6-8H,1-5H3;1H2;1H3;2*1H3;;1H;/q;;;2*-1;;;+2. The Morgan fingerprint density at radius 2 is 1.00 bits per heavy atom. The van der Waals surface area contributed by atoms with Crippen molar-refractivity contribution in [1.82, 2.24) is 0 Å². The van der Waals surface area contributed by atoms with Gasteiger partial charge >= 0.3 is 48.6 Å². The maximum absolute atomic E-state index is 9.84. The quantitative estimate of drug-likeness (QED) is 0.106. The van der Waals surface area contributed by atoms with E-state index in [0.717, 1.165) is 17.8 Å². The van der Waals surface area contributed by atoms with Crippen LogP contribution in [-0.4, -0.2) is 0 Å². The summed E-state index contributed by atoms with van der Waals surface area (Å²) in [5, 5.41) is 22.5. The molecule has 28 heavy (non-hydrogen) atoms. The van der Waals surface area contributed by atoms with Crippen molar-refractivity contribution in [3.05, 3.63) is 26.0 Å². The van der Waals surface area contributed by atoms with Gasteiger partial charge in [0.1, 0.15) is 6.42 Å². The first-order chi connectivity index (χ1) is 10.6. The minimum atomic E-state index is -8.55. The smallest absolute Gasteiger partial charge is 0.358 e. The predicted molar refractivity (Wildman–Crippen MR) is 101 cm³/mol. The number of nitrogens with zero attached hydrogens (tertiary/aromatic N) is 3. The number of allylic oxidation sites excluding steroid dienone is 2. The SMILES string of the molecule is CC#N.CC1=C(C)C(C)C(C)C1C.F.FP(F)(F)(F)F.N#CCC#N.[CH3-].[CH3-].[Ru+2]. The summed E-state index contributed by atoms with van der Waals surface area (Å²) in [5.41, 5.74) is 3.25. The molecule has 11 heteroatoms. The van der Waals surface area contributed by atoms with Gasteiger partial charge in [-0.1, -0.05) is 31.9 Å². The molecule has 168 valence electrons. The van der Waals surface area contributed by atoms with E-state index < -0.39 is 8.16 Å². The van der Waals surface area contributed by atoms with Crippen LogP contribution in [0.15, 0.2) is 11.1 Å². The number of halogens is 6. The number of hydrogen-bond donors (Lipinski definition) is 0. The van der Waals surface area contributed by atoms with E-state index in [1.165, 1.54) is 6.92 Å². The molecule has 1 aliphatic carbocycles. The van der Waals surface area contributed by atoms with Crippen molar-refractivity contribution in [2.75, 3.05) is 0 Å². The van der Waals surface area contributed by atoms with Crippen LogP contribution in [0.5, 0.6) is 0 Å². The van der Waals surface area contributed by atoms with Gasteiger partial charge in [-0.05, 0) is 31.6 Å². The van der Waals surface area contributed by atoms with Crippen LogP contribution in [-0.2, 0) is 19.5 Å². The molecule has 0 spiro atoms. The Labute approximate surface area is 179 Å². The van der Waals surface area contributed by atoms with E-state index in [0.29, 0.717) is 0 Å². The van der Waals surface area contributed by atoms with Crippen LogP contribution in [0.4, 0.5) is 25.7 Å². The third kappa shape index (κ3) is 32.5. The maximum Gasteiger partial charge on any atom is 2.00 e. The fourth-order valence-electron chi connectivity index (χ4n) is 1.98. The van der Waals surface area contributed by atoms with Crippen molar-refractivity contribution in [3.63, 3.8) is 0 Å². The molecule has 0 bridgehead atoms. The molecule has 0 heterocycles. The van der Waals surface area contributed by atoms with Gasteiger partial charge in [-0.2, -0.15) is 15.8 Å². The van der Waals surface area contributed by atoms with E-state index >= 15 is 0 Å². The second-order valence-corrected chi connectivity index (χ2v) is 6.44. The van der Waals surface area contributed by atoms with Crippen LogP contribution in [0.2, 0.25) is 0 Å². The van der Waals surface area contributed by atoms with E-state index in [2.05, 4.69) is 34.6 Å². The molecule has 0 saturated heterocycles. The maximum atomic E-state index is 9.84. The topological polar surface area (TPSA) is 71.4 Å². The third-order valence-corrected chi connectivity index (χ3v) is 3.72. The number of rotatable bonds is 0. The summed E-state index contributed by atoms with van der Waals surface area (Å²) in [6.07, 6.45) is 0. The average Bonchev–Trinajstić information content (AvgIpc) is 2.57. The zero-order valence-electron chi connectivity index (χ0n) is 17.4. The van der Waals surface area contributed by atoms with Crippen molar-refractivity contribution in [2.24, 2.45) is 17.8 Å². The molecule has 1 rings (SSSR count). The second kappa shape index (κ2) is 20.6. The molecular formula is C17H30F6N3PRu. The molecule has 0 N–H and O–H groups in total. The molecule has 2 atom stereocenters. The van der Waals surface area contributed by atoms with Crippen molar-refractivity contribution in [1.29, 1.82) is 15.8 Å². The number of hydrogen-bond acceptors (Lipinski definition) is 3.